The van der Waals surface area contributed by atoms with Gasteiger partial charge in [0.1, 0.15) is 18.7 Å². The second-order valence-corrected chi connectivity index (χ2v) is 10.2. The van der Waals surface area contributed by atoms with Crippen molar-refractivity contribution in [2.45, 2.75) is 37.7 Å². The van der Waals surface area contributed by atoms with E-state index in [9.17, 15) is 13.2 Å². The van der Waals surface area contributed by atoms with Gasteiger partial charge in [-0.15, -0.1) is 13.2 Å². The maximum Gasteiger partial charge on any atom is 0.416 e. The van der Waals surface area contributed by atoms with Crippen LogP contribution < -0.4 is 0 Å². The third-order valence-corrected chi connectivity index (χ3v) is 8.19. The largest absolute Gasteiger partial charge is 0.416 e. The van der Waals surface area contributed by atoms with Gasteiger partial charge in [0.25, 0.3) is 0 Å². The zero-order chi connectivity index (χ0) is 25.3. The van der Waals surface area contributed by atoms with Crippen LogP contribution in [0.5, 0.6) is 0 Å². The Kier molecular flexibility index (Phi) is 6.75. The van der Waals surface area contributed by atoms with Crippen LogP contribution in [0.25, 0.3) is 10.9 Å². The highest BCUT2D eigenvalue weighted by Crippen LogP contribution is 2.49. The molecule has 188 valence electrons. The number of nitrogens with zero attached hydrogens (tertiary/aromatic N) is 2. The second kappa shape index (κ2) is 9.83. The number of quaternary nitrogens is 1. The number of alkyl halides is 3. The normalized spacial score (nSPS) is 26.6. The lowest BCUT2D eigenvalue weighted by atomic mass is 9.71. The Hall–Kier alpha value is -2.96. The highest BCUT2D eigenvalue weighted by Gasteiger charge is 2.54. The van der Waals surface area contributed by atoms with E-state index in [1.807, 2.05) is 24.4 Å². The number of piperidine rings is 3. The van der Waals surface area contributed by atoms with Crippen LogP contribution >= 0.6 is 0 Å². The summed E-state index contributed by atoms with van der Waals surface area (Å²) >= 11 is 0. The molecule has 3 saturated heterocycles. The molecule has 0 spiro atoms. The van der Waals surface area contributed by atoms with E-state index >= 15 is 0 Å². The van der Waals surface area contributed by atoms with E-state index in [0.717, 1.165) is 52.4 Å². The summed E-state index contributed by atoms with van der Waals surface area (Å²) in [4.78, 5) is 4.55. The van der Waals surface area contributed by atoms with Gasteiger partial charge in [0.15, 0.2) is 0 Å². The van der Waals surface area contributed by atoms with Gasteiger partial charge in [-0.2, -0.15) is 13.2 Å². The quantitative estimate of drug-likeness (QED) is 0.246. The Morgan fingerprint density at radius 3 is 2.58 bits per heavy atom. The first-order chi connectivity index (χ1) is 17.3. The van der Waals surface area contributed by atoms with Crippen LogP contribution in [0.15, 0.2) is 86.1 Å². The van der Waals surface area contributed by atoms with Gasteiger partial charge < -0.3 is 9.22 Å². The Labute approximate surface area is 210 Å². The molecule has 3 fully saturated rings. The Morgan fingerprint density at radius 2 is 1.86 bits per heavy atom. The van der Waals surface area contributed by atoms with Crippen LogP contribution in [0.1, 0.15) is 35.6 Å². The van der Waals surface area contributed by atoms with Crippen molar-refractivity contribution in [2.75, 3.05) is 19.7 Å². The Bertz CT molecular complexity index is 1230. The number of fused-ring (bicyclic) bond motifs is 4. The number of rotatable bonds is 8. The number of aromatic nitrogens is 1. The molecule has 0 amide bonds. The summed E-state index contributed by atoms with van der Waals surface area (Å²) in [6.07, 6.45) is 3.23. The third kappa shape index (κ3) is 4.60. The fourth-order valence-electron chi connectivity index (χ4n) is 6.47. The maximum atomic E-state index is 13.2. The highest BCUT2D eigenvalue weighted by atomic mass is 19.4. The topological polar surface area (TPSA) is 22.1 Å². The summed E-state index contributed by atoms with van der Waals surface area (Å²) in [5.74, 6) is 0.918. The van der Waals surface area contributed by atoms with E-state index in [1.54, 1.807) is 18.2 Å². The van der Waals surface area contributed by atoms with Crippen molar-refractivity contribution in [1.82, 2.24) is 4.98 Å². The summed E-state index contributed by atoms with van der Waals surface area (Å²) in [6.45, 7) is 11.0. The van der Waals surface area contributed by atoms with Gasteiger partial charge in [0.2, 0.25) is 0 Å². The Balaban J connectivity index is 1.56. The molecule has 2 aromatic carbocycles. The summed E-state index contributed by atoms with van der Waals surface area (Å²) in [6, 6.07) is 16.0. The molecule has 6 rings (SSSR count). The van der Waals surface area contributed by atoms with E-state index in [1.165, 1.54) is 12.1 Å². The summed E-state index contributed by atoms with van der Waals surface area (Å²) in [7, 11) is 0. The molecule has 36 heavy (non-hydrogen) atoms. The summed E-state index contributed by atoms with van der Waals surface area (Å²) in [5, 5.41) is 1.07. The summed E-state index contributed by atoms with van der Waals surface area (Å²) < 4.78 is 46.9. The van der Waals surface area contributed by atoms with Crippen molar-refractivity contribution < 1.29 is 22.4 Å². The molecule has 2 bridgehead atoms. The van der Waals surface area contributed by atoms with Crippen molar-refractivity contribution in [3.63, 3.8) is 0 Å². The van der Waals surface area contributed by atoms with Gasteiger partial charge in [-0.3, -0.25) is 4.98 Å². The molecule has 3 aromatic rings. The molecule has 0 N–H and O–H groups in total. The van der Waals surface area contributed by atoms with Crippen molar-refractivity contribution in [3.8, 4) is 0 Å². The van der Waals surface area contributed by atoms with E-state index in [4.69, 9.17) is 4.74 Å². The van der Waals surface area contributed by atoms with Crippen molar-refractivity contribution in [3.05, 3.63) is 103 Å². The van der Waals surface area contributed by atoms with Crippen LogP contribution in [0, 0.1) is 11.8 Å². The first kappa shape index (κ1) is 24.7. The molecule has 3 aliphatic heterocycles. The molecular weight excluding hydrogens is 461 g/mol. The number of hydrogen-bond donors (Lipinski definition) is 0. The first-order valence-corrected chi connectivity index (χ1v) is 12.6. The standard InChI is InChI=1S/C30H32F3N2O/c1-3-17-36-29(26-13-15-34-27-8-6-5-7-25(26)27)28-18-23-14-16-35(28,20-22(23)4-2)19-21-9-11-24(12-10-21)30(31,32)33/h3-13,15,22-23,28-29H,1-2,14,16-20H2/q+1/t22-,23?,28+,29-,35?/m0/s1. The van der Waals surface area contributed by atoms with Gasteiger partial charge in [0.05, 0.1) is 30.8 Å². The summed E-state index contributed by atoms with van der Waals surface area (Å²) in [5.41, 5.74) is 2.34. The molecule has 6 heteroatoms. The zero-order valence-electron chi connectivity index (χ0n) is 20.3. The lowest BCUT2D eigenvalue weighted by Gasteiger charge is -2.58. The average Bonchev–Trinajstić information content (AvgIpc) is 2.89. The molecular formula is C30H32F3N2O+. The molecule has 2 unspecified atom stereocenters. The van der Waals surface area contributed by atoms with Crippen LogP contribution in [0.4, 0.5) is 13.2 Å². The third-order valence-electron chi connectivity index (χ3n) is 8.19. The number of hydrogen-bond acceptors (Lipinski definition) is 2. The fourth-order valence-corrected chi connectivity index (χ4v) is 6.47. The lowest BCUT2D eigenvalue weighted by Crippen LogP contribution is -2.67. The molecule has 1 aromatic heterocycles. The van der Waals surface area contributed by atoms with Crippen LogP contribution in [-0.2, 0) is 17.5 Å². The SMILES string of the molecule is C=CCO[C@@H](c1ccnc2ccccc12)[C@H]1CC2CC[N+]1(Cc1ccc(C(F)(F)F)cc1)C[C@@H]2C=C. The zero-order valence-corrected chi connectivity index (χ0v) is 20.3. The monoisotopic (exact) mass is 493 g/mol. The highest BCUT2D eigenvalue weighted by molar-refractivity contribution is 5.82. The lowest BCUT2D eigenvalue weighted by molar-refractivity contribution is -0.985. The van der Waals surface area contributed by atoms with Crippen molar-refractivity contribution in [1.29, 1.82) is 0 Å². The molecule has 5 atom stereocenters. The number of ether oxygens (including phenoxy) is 1. The first-order valence-electron chi connectivity index (χ1n) is 12.6. The number of para-hydroxylation sites is 1. The van der Waals surface area contributed by atoms with Gasteiger partial charge in [-0.1, -0.05) is 42.5 Å². The van der Waals surface area contributed by atoms with E-state index in [-0.39, 0.29) is 12.1 Å². The van der Waals surface area contributed by atoms with Gasteiger partial charge >= 0.3 is 6.18 Å². The molecule has 3 nitrogen and oxygen atoms in total. The van der Waals surface area contributed by atoms with Crippen molar-refractivity contribution in [2.24, 2.45) is 11.8 Å². The molecule has 0 aliphatic carbocycles. The van der Waals surface area contributed by atoms with Crippen LogP contribution in [-0.4, -0.2) is 35.2 Å². The van der Waals surface area contributed by atoms with E-state index in [0.29, 0.717) is 25.0 Å². The number of pyridine rings is 1. The molecule has 0 radical (unpaired) electrons. The second-order valence-electron chi connectivity index (χ2n) is 10.2. The fraction of sp³-hybridized carbons (Fsp3) is 0.367. The van der Waals surface area contributed by atoms with Crippen LogP contribution in [0.3, 0.4) is 0 Å². The van der Waals surface area contributed by atoms with Gasteiger partial charge in [-0.25, -0.2) is 0 Å². The molecule has 0 saturated carbocycles. The van der Waals surface area contributed by atoms with Gasteiger partial charge in [-0.05, 0) is 35.7 Å². The van der Waals surface area contributed by atoms with Gasteiger partial charge in [0, 0.05) is 35.9 Å². The minimum absolute atomic E-state index is 0.160. The van der Waals surface area contributed by atoms with Crippen LogP contribution in [0.2, 0.25) is 0 Å². The minimum Gasteiger partial charge on any atom is -0.363 e. The van der Waals surface area contributed by atoms with E-state index in [2.05, 4.69) is 36.4 Å². The van der Waals surface area contributed by atoms with E-state index < -0.39 is 11.7 Å². The minimum atomic E-state index is -4.34. The maximum absolute atomic E-state index is 13.2. The molecule has 4 heterocycles. The smallest absolute Gasteiger partial charge is 0.363 e. The molecule has 3 aliphatic rings. The number of halogens is 3. The number of benzene rings is 2. The predicted octanol–water partition coefficient (Wildman–Crippen LogP) is 7.11. The average molecular weight is 494 g/mol. The van der Waals surface area contributed by atoms with Crippen molar-refractivity contribution >= 4 is 10.9 Å². The predicted molar refractivity (Wildman–Crippen MR) is 136 cm³/mol. The Morgan fingerprint density at radius 1 is 1.08 bits per heavy atom.